The molecule has 0 spiro atoms. The molecule has 0 aliphatic rings. The SMILES string of the molecule is COc1ccc(C(CNC(=O)CCC(=O)c2ccc(C)c(C)c2)N(C)C)cc1. The minimum Gasteiger partial charge on any atom is -0.497 e. The minimum atomic E-state index is -0.113. The number of rotatable bonds is 9. The van der Waals surface area contributed by atoms with E-state index < -0.39 is 0 Å². The first kappa shape index (κ1) is 21.6. The van der Waals surface area contributed by atoms with Crippen molar-refractivity contribution in [1.29, 1.82) is 0 Å². The molecule has 28 heavy (non-hydrogen) atoms. The second-order valence-electron chi connectivity index (χ2n) is 7.28. The number of Topliss-reactive ketones (excluding diaryl/α,β-unsaturated/α-hetero) is 1. The number of nitrogens with zero attached hydrogens (tertiary/aromatic N) is 1. The zero-order valence-electron chi connectivity index (χ0n) is 17.4. The molecular weight excluding hydrogens is 352 g/mol. The van der Waals surface area contributed by atoms with E-state index in [2.05, 4.69) is 10.2 Å². The number of aryl methyl sites for hydroxylation is 2. The lowest BCUT2D eigenvalue weighted by Crippen LogP contribution is -2.34. The molecule has 0 radical (unpaired) electrons. The standard InChI is InChI=1S/C23H30N2O3/c1-16-6-7-19(14-17(16)2)22(26)12-13-23(27)24-15-21(25(3)4)18-8-10-20(28-5)11-9-18/h6-11,14,21H,12-13,15H2,1-5H3,(H,24,27). The summed E-state index contributed by atoms with van der Waals surface area (Å²) >= 11 is 0. The van der Waals surface area contributed by atoms with Gasteiger partial charge in [0.25, 0.3) is 0 Å². The van der Waals surface area contributed by atoms with Gasteiger partial charge in [-0.15, -0.1) is 0 Å². The summed E-state index contributed by atoms with van der Waals surface area (Å²) in [7, 11) is 5.59. The van der Waals surface area contributed by atoms with Crippen LogP contribution in [0.3, 0.4) is 0 Å². The Morgan fingerprint density at radius 1 is 1.00 bits per heavy atom. The highest BCUT2D eigenvalue weighted by Crippen LogP contribution is 2.21. The highest BCUT2D eigenvalue weighted by molar-refractivity contribution is 5.98. The van der Waals surface area contributed by atoms with E-state index in [0.29, 0.717) is 12.1 Å². The number of likely N-dealkylation sites (N-methyl/N-ethyl adjacent to an activating group) is 1. The molecule has 1 N–H and O–H groups in total. The largest absolute Gasteiger partial charge is 0.497 e. The third-order valence-electron chi connectivity index (χ3n) is 5.02. The Morgan fingerprint density at radius 2 is 1.68 bits per heavy atom. The summed E-state index contributed by atoms with van der Waals surface area (Å²) < 4.78 is 5.20. The van der Waals surface area contributed by atoms with Gasteiger partial charge in [-0.3, -0.25) is 9.59 Å². The molecular formula is C23H30N2O3. The van der Waals surface area contributed by atoms with Gasteiger partial charge in [-0.25, -0.2) is 0 Å². The summed E-state index contributed by atoms with van der Waals surface area (Å²) in [6.45, 7) is 4.48. The summed E-state index contributed by atoms with van der Waals surface area (Å²) in [6.07, 6.45) is 0.401. The van der Waals surface area contributed by atoms with Crippen LogP contribution in [0.4, 0.5) is 0 Å². The lowest BCUT2D eigenvalue weighted by atomic mass is 10.0. The van der Waals surface area contributed by atoms with Gasteiger partial charge in [0.1, 0.15) is 5.75 Å². The molecule has 0 saturated heterocycles. The predicted molar refractivity (Wildman–Crippen MR) is 112 cm³/mol. The maximum atomic E-state index is 12.3. The molecule has 150 valence electrons. The number of hydrogen-bond acceptors (Lipinski definition) is 4. The Labute approximate surface area is 167 Å². The van der Waals surface area contributed by atoms with Crippen LogP contribution < -0.4 is 10.1 Å². The van der Waals surface area contributed by atoms with Gasteiger partial charge in [-0.1, -0.05) is 24.3 Å². The van der Waals surface area contributed by atoms with Crippen LogP contribution >= 0.6 is 0 Å². The highest BCUT2D eigenvalue weighted by atomic mass is 16.5. The number of benzene rings is 2. The van der Waals surface area contributed by atoms with Gasteiger partial charge in [-0.2, -0.15) is 0 Å². The van der Waals surface area contributed by atoms with Crippen molar-refractivity contribution in [2.45, 2.75) is 32.7 Å². The van der Waals surface area contributed by atoms with Crippen molar-refractivity contribution < 1.29 is 14.3 Å². The Balaban J connectivity index is 1.88. The van der Waals surface area contributed by atoms with Crippen molar-refractivity contribution in [3.05, 3.63) is 64.7 Å². The molecule has 0 aromatic heterocycles. The zero-order chi connectivity index (χ0) is 20.7. The molecule has 0 fully saturated rings. The molecule has 2 aromatic rings. The number of amides is 1. The quantitative estimate of drug-likeness (QED) is 0.672. The summed E-state index contributed by atoms with van der Waals surface area (Å²) in [5.74, 6) is 0.685. The second-order valence-corrected chi connectivity index (χ2v) is 7.28. The zero-order valence-corrected chi connectivity index (χ0v) is 17.4. The number of hydrogen-bond donors (Lipinski definition) is 1. The van der Waals surface area contributed by atoms with Gasteiger partial charge in [0.15, 0.2) is 5.78 Å². The van der Waals surface area contributed by atoms with Crippen LogP contribution in [0.1, 0.15) is 45.9 Å². The molecule has 1 unspecified atom stereocenters. The molecule has 0 aliphatic heterocycles. The van der Waals surface area contributed by atoms with Crippen LogP contribution in [0.5, 0.6) is 5.75 Å². The maximum Gasteiger partial charge on any atom is 0.220 e. The van der Waals surface area contributed by atoms with Gasteiger partial charge in [-0.05, 0) is 62.8 Å². The second kappa shape index (κ2) is 10.0. The first-order valence-electron chi connectivity index (χ1n) is 9.49. The summed E-state index contributed by atoms with van der Waals surface area (Å²) in [6, 6.07) is 13.5. The molecule has 5 nitrogen and oxygen atoms in total. The molecule has 2 rings (SSSR count). The van der Waals surface area contributed by atoms with Crippen LogP contribution in [0.15, 0.2) is 42.5 Å². The van der Waals surface area contributed by atoms with Crippen molar-refractivity contribution >= 4 is 11.7 Å². The number of ether oxygens (including phenoxy) is 1. The van der Waals surface area contributed by atoms with Crippen molar-refractivity contribution in [2.24, 2.45) is 0 Å². The third kappa shape index (κ3) is 5.92. The average Bonchev–Trinajstić information content (AvgIpc) is 2.68. The van der Waals surface area contributed by atoms with Gasteiger partial charge in [0.2, 0.25) is 5.91 Å². The molecule has 0 aliphatic carbocycles. The average molecular weight is 383 g/mol. The van der Waals surface area contributed by atoms with E-state index in [1.165, 1.54) is 0 Å². The van der Waals surface area contributed by atoms with Crippen LogP contribution in [0, 0.1) is 13.8 Å². The van der Waals surface area contributed by atoms with E-state index in [1.807, 2.05) is 70.4 Å². The number of methoxy groups -OCH3 is 1. The van der Waals surface area contributed by atoms with Crippen molar-refractivity contribution in [3.63, 3.8) is 0 Å². The Hall–Kier alpha value is -2.66. The molecule has 1 amide bonds. The van der Waals surface area contributed by atoms with Crippen LogP contribution in [-0.2, 0) is 4.79 Å². The van der Waals surface area contributed by atoms with E-state index in [9.17, 15) is 9.59 Å². The predicted octanol–water partition coefficient (Wildman–Crippen LogP) is 3.69. The molecule has 5 heteroatoms. The minimum absolute atomic E-state index is 0.00226. The van der Waals surface area contributed by atoms with Crippen molar-refractivity contribution in [3.8, 4) is 5.75 Å². The van der Waals surface area contributed by atoms with Crippen molar-refractivity contribution in [1.82, 2.24) is 10.2 Å². The van der Waals surface area contributed by atoms with E-state index in [-0.39, 0.29) is 30.6 Å². The monoisotopic (exact) mass is 382 g/mol. The fourth-order valence-electron chi connectivity index (χ4n) is 3.01. The van der Waals surface area contributed by atoms with Gasteiger partial charge < -0.3 is 15.0 Å². The summed E-state index contributed by atoms with van der Waals surface area (Å²) in [5.41, 5.74) is 4.00. The van der Waals surface area contributed by atoms with Gasteiger partial charge >= 0.3 is 0 Å². The fraction of sp³-hybridized carbons (Fsp3) is 0.391. The molecule has 2 aromatic carbocycles. The third-order valence-corrected chi connectivity index (χ3v) is 5.02. The van der Waals surface area contributed by atoms with E-state index >= 15 is 0 Å². The lowest BCUT2D eigenvalue weighted by Gasteiger charge is -2.25. The van der Waals surface area contributed by atoms with Crippen LogP contribution in [0.2, 0.25) is 0 Å². The fourth-order valence-corrected chi connectivity index (χ4v) is 3.01. The van der Waals surface area contributed by atoms with Gasteiger partial charge in [0.05, 0.1) is 13.2 Å². The first-order chi connectivity index (χ1) is 13.3. The number of carbonyl (C=O) groups is 2. The van der Waals surface area contributed by atoms with Crippen LogP contribution in [-0.4, -0.2) is 44.3 Å². The topological polar surface area (TPSA) is 58.6 Å². The Kier molecular flexibility index (Phi) is 7.76. The summed E-state index contributed by atoms with van der Waals surface area (Å²) in [5, 5.41) is 2.95. The highest BCUT2D eigenvalue weighted by Gasteiger charge is 2.16. The van der Waals surface area contributed by atoms with E-state index in [1.54, 1.807) is 7.11 Å². The number of ketones is 1. The number of carbonyl (C=O) groups excluding carboxylic acids is 2. The molecule has 1 atom stereocenters. The normalized spacial score (nSPS) is 11.9. The molecule has 0 bridgehead atoms. The number of nitrogens with one attached hydrogen (secondary N) is 1. The smallest absolute Gasteiger partial charge is 0.220 e. The first-order valence-corrected chi connectivity index (χ1v) is 9.49. The Bertz CT molecular complexity index is 813. The lowest BCUT2D eigenvalue weighted by molar-refractivity contribution is -0.121. The molecule has 0 saturated carbocycles. The Morgan fingerprint density at radius 3 is 2.25 bits per heavy atom. The van der Waals surface area contributed by atoms with Crippen molar-refractivity contribution in [2.75, 3.05) is 27.7 Å². The maximum absolute atomic E-state index is 12.3. The van der Waals surface area contributed by atoms with Crippen LogP contribution in [0.25, 0.3) is 0 Å². The van der Waals surface area contributed by atoms with E-state index in [0.717, 1.165) is 22.4 Å². The van der Waals surface area contributed by atoms with E-state index in [4.69, 9.17) is 4.74 Å². The summed E-state index contributed by atoms with van der Waals surface area (Å²) in [4.78, 5) is 26.7. The van der Waals surface area contributed by atoms with Gasteiger partial charge in [0, 0.05) is 24.9 Å². The molecule has 0 heterocycles.